The normalized spacial score (nSPS) is 12.2. The number of aromatic nitrogens is 3. The van der Waals surface area contributed by atoms with Gasteiger partial charge in [-0.05, 0) is 31.5 Å². The third-order valence-electron chi connectivity index (χ3n) is 2.65. The Morgan fingerprint density at radius 2 is 2.30 bits per heavy atom. The zero-order chi connectivity index (χ0) is 14.7. The van der Waals surface area contributed by atoms with Crippen LogP contribution in [0.25, 0.3) is 0 Å². The maximum Gasteiger partial charge on any atom is 0.237 e. The number of hydrogen-bond acceptors (Lipinski definition) is 5. The van der Waals surface area contributed by atoms with Gasteiger partial charge in [-0.15, -0.1) is 10.2 Å². The molecule has 1 heterocycles. The van der Waals surface area contributed by atoms with Crippen LogP contribution in [0.2, 0.25) is 5.02 Å². The number of carbonyl (C=O) groups is 1. The molecule has 8 heteroatoms. The van der Waals surface area contributed by atoms with Gasteiger partial charge in [-0.25, -0.2) is 4.68 Å². The Morgan fingerprint density at radius 1 is 1.55 bits per heavy atom. The number of hydrogen-bond donors (Lipinski definition) is 2. The Labute approximate surface area is 125 Å². The van der Waals surface area contributed by atoms with Crippen LogP contribution in [0.5, 0.6) is 0 Å². The number of nitrogen functional groups attached to an aromatic ring is 1. The molecule has 0 aliphatic rings. The molecule has 1 unspecified atom stereocenters. The van der Waals surface area contributed by atoms with E-state index in [2.05, 4.69) is 15.5 Å². The van der Waals surface area contributed by atoms with Crippen molar-refractivity contribution < 1.29 is 4.79 Å². The topological polar surface area (TPSA) is 85.8 Å². The monoisotopic (exact) mass is 311 g/mol. The summed E-state index contributed by atoms with van der Waals surface area (Å²) in [6.45, 7) is 3.68. The van der Waals surface area contributed by atoms with Crippen LogP contribution in [0.3, 0.4) is 0 Å². The Morgan fingerprint density at radius 3 is 2.95 bits per heavy atom. The fourth-order valence-corrected chi connectivity index (χ4v) is 2.41. The Bertz CT molecular complexity index is 630. The van der Waals surface area contributed by atoms with Crippen LogP contribution in [0.4, 0.5) is 5.69 Å². The van der Waals surface area contributed by atoms with E-state index >= 15 is 0 Å². The van der Waals surface area contributed by atoms with Crippen LogP contribution >= 0.6 is 23.4 Å². The molecule has 106 valence electrons. The summed E-state index contributed by atoms with van der Waals surface area (Å²) in [7, 11) is 0. The van der Waals surface area contributed by atoms with Crippen LogP contribution in [-0.4, -0.2) is 26.0 Å². The minimum absolute atomic E-state index is 0.150. The zero-order valence-corrected chi connectivity index (χ0v) is 12.6. The molecule has 1 atom stereocenters. The lowest BCUT2D eigenvalue weighted by molar-refractivity contribution is -0.115. The molecule has 0 saturated carbocycles. The molecule has 0 aliphatic heterocycles. The van der Waals surface area contributed by atoms with Gasteiger partial charge in [0.05, 0.1) is 5.25 Å². The first-order valence-corrected chi connectivity index (χ1v) is 7.12. The molecule has 20 heavy (non-hydrogen) atoms. The molecule has 1 aromatic heterocycles. The highest BCUT2D eigenvalue weighted by Gasteiger charge is 2.18. The molecular weight excluding hydrogens is 298 g/mol. The summed E-state index contributed by atoms with van der Waals surface area (Å²) in [5, 5.41) is 11.0. The molecule has 3 N–H and O–H groups in total. The van der Waals surface area contributed by atoms with E-state index in [-0.39, 0.29) is 11.2 Å². The van der Waals surface area contributed by atoms with Crippen molar-refractivity contribution in [2.75, 3.05) is 11.2 Å². The number of thioether (sulfide) groups is 1. The number of halogens is 1. The molecule has 0 saturated heterocycles. The number of amides is 1. The smallest absolute Gasteiger partial charge is 0.237 e. The maximum absolute atomic E-state index is 12.1. The lowest BCUT2D eigenvalue weighted by atomic mass is 10.2. The van der Waals surface area contributed by atoms with Crippen LogP contribution < -0.4 is 11.2 Å². The number of aryl methyl sites for hydroxylation is 1. The fourth-order valence-electron chi connectivity index (χ4n) is 1.49. The van der Waals surface area contributed by atoms with E-state index in [0.29, 0.717) is 15.9 Å². The molecule has 2 aromatic rings. The van der Waals surface area contributed by atoms with Gasteiger partial charge in [-0.3, -0.25) is 4.79 Å². The first-order chi connectivity index (χ1) is 9.47. The van der Waals surface area contributed by atoms with E-state index < -0.39 is 0 Å². The number of nitrogens with two attached hydrogens (primary N) is 1. The van der Waals surface area contributed by atoms with Crippen molar-refractivity contribution in [2.24, 2.45) is 0 Å². The van der Waals surface area contributed by atoms with Crippen molar-refractivity contribution in [1.82, 2.24) is 14.9 Å². The minimum atomic E-state index is -0.361. The van der Waals surface area contributed by atoms with Crippen LogP contribution in [0, 0.1) is 6.92 Å². The third kappa shape index (κ3) is 3.43. The van der Waals surface area contributed by atoms with Gasteiger partial charge in [-0.2, -0.15) is 0 Å². The molecule has 2 rings (SSSR count). The van der Waals surface area contributed by atoms with Crippen molar-refractivity contribution in [1.29, 1.82) is 0 Å². The van der Waals surface area contributed by atoms with Crippen LogP contribution in [0.15, 0.2) is 29.7 Å². The summed E-state index contributed by atoms with van der Waals surface area (Å²) >= 11 is 7.15. The van der Waals surface area contributed by atoms with Crippen molar-refractivity contribution in [3.8, 4) is 0 Å². The van der Waals surface area contributed by atoms with E-state index in [0.717, 1.165) is 5.56 Å². The Hall–Kier alpha value is -1.73. The van der Waals surface area contributed by atoms with Gasteiger partial charge in [-0.1, -0.05) is 29.4 Å². The lowest BCUT2D eigenvalue weighted by Crippen LogP contribution is -2.23. The predicted molar refractivity (Wildman–Crippen MR) is 80.3 cm³/mol. The summed E-state index contributed by atoms with van der Waals surface area (Å²) < 4.78 is 1.28. The van der Waals surface area contributed by atoms with E-state index in [1.54, 1.807) is 19.1 Å². The molecule has 0 radical (unpaired) electrons. The Balaban J connectivity index is 2.04. The molecular formula is C12H14ClN5OS. The van der Waals surface area contributed by atoms with Gasteiger partial charge in [0.1, 0.15) is 6.33 Å². The lowest BCUT2D eigenvalue weighted by Gasteiger charge is -2.13. The zero-order valence-electron chi connectivity index (χ0n) is 11.0. The van der Waals surface area contributed by atoms with Gasteiger partial charge >= 0.3 is 0 Å². The second-order valence-corrected chi connectivity index (χ2v) is 5.97. The maximum atomic E-state index is 12.1. The van der Waals surface area contributed by atoms with Gasteiger partial charge in [0.15, 0.2) is 0 Å². The van der Waals surface area contributed by atoms with Crippen LogP contribution in [-0.2, 0) is 4.79 Å². The summed E-state index contributed by atoms with van der Waals surface area (Å²) in [5.74, 6) is 5.46. The quantitative estimate of drug-likeness (QED) is 0.667. The number of anilines is 1. The van der Waals surface area contributed by atoms with Gasteiger partial charge in [0, 0.05) is 10.7 Å². The summed E-state index contributed by atoms with van der Waals surface area (Å²) in [6.07, 6.45) is 1.38. The standard InChI is InChI=1S/C12H14ClN5OS/c1-7-3-4-9(13)5-10(7)16-11(19)8(2)20-12-17-15-6-18(12)14/h3-6,8H,14H2,1-2H3,(H,16,19). The van der Waals surface area contributed by atoms with Gasteiger partial charge in [0.25, 0.3) is 0 Å². The molecule has 0 aliphatic carbocycles. The molecule has 0 bridgehead atoms. The molecule has 0 fully saturated rings. The number of rotatable bonds is 4. The molecule has 0 spiro atoms. The molecule has 6 nitrogen and oxygen atoms in total. The minimum Gasteiger partial charge on any atom is -0.336 e. The van der Waals surface area contributed by atoms with Crippen molar-refractivity contribution in [2.45, 2.75) is 24.3 Å². The molecule has 1 amide bonds. The van der Waals surface area contributed by atoms with E-state index in [1.165, 1.54) is 22.8 Å². The summed E-state index contributed by atoms with van der Waals surface area (Å²) in [6, 6.07) is 5.35. The third-order valence-corrected chi connectivity index (χ3v) is 3.96. The van der Waals surface area contributed by atoms with E-state index in [1.807, 2.05) is 13.0 Å². The van der Waals surface area contributed by atoms with E-state index in [9.17, 15) is 4.79 Å². The Kier molecular flexibility index (Phi) is 4.51. The highest BCUT2D eigenvalue weighted by molar-refractivity contribution is 8.00. The van der Waals surface area contributed by atoms with Gasteiger partial charge < -0.3 is 11.2 Å². The number of nitrogens with one attached hydrogen (secondary N) is 1. The first kappa shape index (κ1) is 14.7. The predicted octanol–water partition coefficient (Wildman–Crippen LogP) is 2.07. The summed E-state index contributed by atoms with van der Waals surface area (Å²) in [4.78, 5) is 12.1. The van der Waals surface area contributed by atoms with Crippen molar-refractivity contribution in [3.63, 3.8) is 0 Å². The van der Waals surface area contributed by atoms with Crippen molar-refractivity contribution >= 4 is 35.0 Å². The SMILES string of the molecule is Cc1ccc(Cl)cc1NC(=O)C(C)Sc1nncn1N. The fraction of sp³-hybridized carbons (Fsp3) is 0.250. The number of nitrogens with zero attached hydrogens (tertiary/aromatic N) is 3. The highest BCUT2D eigenvalue weighted by Crippen LogP contribution is 2.23. The second-order valence-electron chi connectivity index (χ2n) is 4.23. The average molecular weight is 312 g/mol. The second kappa shape index (κ2) is 6.15. The van der Waals surface area contributed by atoms with Gasteiger partial charge in [0.2, 0.25) is 11.1 Å². The number of benzene rings is 1. The molecule has 1 aromatic carbocycles. The summed E-state index contributed by atoms with van der Waals surface area (Å²) in [5.41, 5.74) is 1.64. The largest absolute Gasteiger partial charge is 0.336 e. The van der Waals surface area contributed by atoms with E-state index in [4.69, 9.17) is 17.4 Å². The average Bonchev–Trinajstić information content (AvgIpc) is 2.79. The highest BCUT2D eigenvalue weighted by atomic mass is 35.5. The number of carbonyl (C=O) groups excluding carboxylic acids is 1. The first-order valence-electron chi connectivity index (χ1n) is 5.86. The van der Waals surface area contributed by atoms with Crippen molar-refractivity contribution in [3.05, 3.63) is 35.1 Å². The van der Waals surface area contributed by atoms with Crippen LogP contribution in [0.1, 0.15) is 12.5 Å².